The van der Waals surface area contributed by atoms with E-state index in [1.807, 2.05) is 6.92 Å². The van der Waals surface area contributed by atoms with E-state index >= 15 is 0 Å². The number of ketones is 1. The predicted octanol–water partition coefficient (Wildman–Crippen LogP) is 2.97. The first-order valence-corrected chi connectivity index (χ1v) is 9.27. The SMILES string of the molecule is CCOC(=O)C(C1CC(=O)C=CC1C)P(=O)(OCC)OCC. The second-order valence-electron chi connectivity index (χ2n) is 5.12. The number of allylic oxidation sites excluding steroid dienone is 2. The molecule has 6 nitrogen and oxygen atoms in total. The zero-order valence-electron chi connectivity index (χ0n) is 13.6. The third-order valence-electron chi connectivity index (χ3n) is 3.59. The van der Waals surface area contributed by atoms with Crippen molar-refractivity contribution in [2.75, 3.05) is 19.8 Å². The molecule has 0 bridgehead atoms. The van der Waals surface area contributed by atoms with Crippen LogP contribution in [0.2, 0.25) is 0 Å². The molecule has 0 heterocycles. The van der Waals surface area contributed by atoms with Gasteiger partial charge in [-0.25, -0.2) is 0 Å². The molecule has 0 aromatic rings. The van der Waals surface area contributed by atoms with Crippen molar-refractivity contribution in [2.24, 2.45) is 11.8 Å². The molecule has 0 saturated heterocycles. The number of carbonyl (C=O) groups excluding carboxylic acids is 2. The molecule has 126 valence electrons. The van der Waals surface area contributed by atoms with Gasteiger partial charge in [0.2, 0.25) is 0 Å². The molecule has 0 aromatic heterocycles. The monoisotopic (exact) mass is 332 g/mol. The fourth-order valence-electron chi connectivity index (χ4n) is 2.61. The van der Waals surface area contributed by atoms with E-state index in [1.165, 1.54) is 6.08 Å². The minimum absolute atomic E-state index is 0.0960. The average Bonchev–Trinajstić information content (AvgIpc) is 2.43. The van der Waals surface area contributed by atoms with E-state index in [2.05, 4.69) is 0 Å². The van der Waals surface area contributed by atoms with E-state index in [1.54, 1.807) is 26.8 Å². The third kappa shape index (κ3) is 4.51. The van der Waals surface area contributed by atoms with Gasteiger partial charge < -0.3 is 13.8 Å². The molecule has 3 atom stereocenters. The summed E-state index contributed by atoms with van der Waals surface area (Å²) in [5, 5.41) is 0. The Kier molecular flexibility index (Phi) is 7.46. The summed E-state index contributed by atoms with van der Waals surface area (Å²) in [6, 6.07) is 0. The van der Waals surface area contributed by atoms with Gasteiger partial charge in [-0.05, 0) is 38.7 Å². The summed E-state index contributed by atoms with van der Waals surface area (Å²) in [4.78, 5) is 24.1. The molecule has 0 saturated carbocycles. The first-order chi connectivity index (χ1) is 10.4. The lowest BCUT2D eigenvalue weighted by molar-refractivity contribution is -0.144. The zero-order chi connectivity index (χ0) is 16.8. The van der Waals surface area contributed by atoms with Crippen LogP contribution < -0.4 is 0 Å². The largest absolute Gasteiger partial charge is 0.465 e. The molecule has 22 heavy (non-hydrogen) atoms. The molecule has 0 aliphatic heterocycles. The van der Waals surface area contributed by atoms with Crippen molar-refractivity contribution in [2.45, 2.75) is 39.8 Å². The van der Waals surface area contributed by atoms with Crippen molar-refractivity contribution >= 4 is 19.3 Å². The quantitative estimate of drug-likeness (QED) is 0.502. The highest BCUT2D eigenvalue weighted by Crippen LogP contribution is 2.58. The molecular formula is C15H25O6P. The van der Waals surface area contributed by atoms with Crippen LogP contribution in [0.5, 0.6) is 0 Å². The Morgan fingerprint density at radius 3 is 2.36 bits per heavy atom. The Morgan fingerprint density at radius 2 is 1.86 bits per heavy atom. The summed E-state index contributed by atoms with van der Waals surface area (Å²) in [5.74, 6) is -1.29. The average molecular weight is 332 g/mol. The van der Waals surface area contributed by atoms with Gasteiger partial charge in [-0.2, -0.15) is 0 Å². The number of carbonyl (C=O) groups is 2. The maximum Gasteiger partial charge on any atom is 0.345 e. The van der Waals surface area contributed by atoms with Gasteiger partial charge in [-0.3, -0.25) is 14.2 Å². The standard InChI is InChI=1S/C15H25O6P/c1-5-19-15(17)14(22(18,20-6-2)21-7-3)13-10-12(16)9-8-11(13)4/h8-9,11,13-14H,5-7,10H2,1-4H3. The molecule has 0 N–H and O–H groups in total. The van der Waals surface area contributed by atoms with Crippen molar-refractivity contribution in [3.8, 4) is 0 Å². The van der Waals surface area contributed by atoms with Crippen LogP contribution >= 0.6 is 7.60 Å². The smallest absolute Gasteiger partial charge is 0.345 e. The van der Waals surface area contributed by atoms with Crippen LogP contribution in [0, 0.1) is 11.8 Å². The van der Waals surface area contributed by atoms with Crippen LogP contribution in [0.3, 0.4) is 0 Å². The van der Waals surface area contributed by atoms with Gasteiger partial charge in [0.15, 0.2) is 11.4 Å². The highest BCUT2D eigenvalue weighted by atomic mass is 31.2. The summed E-state index contributed by atoms with van der Waals surface area (Å²) in [5.41, 5.74) is -1.09. The highest BCUT2D eigenvalue weighted by molar-refractivity contribution is 7.55. The molecule has 1 aliphatic rings. The van der Waals surface area contributed by atoms with E-state index in [4.69, 9.17) is 13.8 Å². The first-order valence-electron chi connectivity index (χ1n) is 7.66. The number of esters is 1. The topological polar surface area (TPSA) is 78.9 Å². The van der Waals surface area contributed by atoms with E-state index < -0.39 is 25.1 Å². The molecule has 0 amide bonds. The van der Waals surface area contributed by atoms with Gasteiger partial charge in [0.25, 0.3) is 0 Å². The number of rotatable bonds is 8. The normalized spacial score (nSPS) is 23.4. The second-order valence-corrected chi connectivity index (χ2v) is 7.28. The molecule has 0 radical (unpaired) electrons. The van der Waals surface area contributed by atoms with Crippen LogP contribution in [0.25, 0.3) is 0 Å². The van der Waals surface area contributed by atoms with Crippen molar-refractivity contribution in [3.05, 3.63) is 12.2 Å². The fraction of sp³-hybridized carbons (Fsp3) is 0.733. The Labute approximate surface area is 131 Å². The first kappa shape index (κ1) is 19.1. The van der Waals surface area contributed by atoms with Crippen molar-refractivity contribution in [3.63, 3.8) is 0 Å². The molecule has 0 fully saturated rings. The van der Waals surface area contributed by atoms with Crippen LogP contribution in [0.4, 0.5) is 0 Å². The molecule has 0 spiro atoms. The van der Waals surface area contributed by atoms with Crippen LogP contribution in [-0.4, -0.2) is 37.2 Å². The van der Waals surface area contributed by atoms with Crippen molar-refractivity contribution < 1.29 is 27.9 Å². The highest BCUT2D eigenvalue weighted by Gasteiger charge is 2.49. The summed E-state index contributed by atoms with van der Waals surface area (Å²) in [6.45, 7) is 7.39. The van der Waals surface area contributed by atoms with Gasteiger partial charge in [0.1, 0.15) is 0 Å². The minimum atomic E-state index is -3.71. The Balaban J connectivity index is 3.21. The minimum Gasteiger partial charge on any atom is -0.465 e. The predicted molar refractivity (Wildman–Crippen MR) is 82.7 cm³/mol. The van der Waals surface area contributed by atoms with Gasteiger partial charge in [0, 0.05) is 6.42 Å². The molecule has 7 heteroatoms. The van der Waals surface area contributed by atoms with Gasteiger partial charge in [-0.15, -0.1) is 0 Å². The van der Waals surface area contributed by atoms with E-state index in [-0.39, 0.29) is 37.9 Å². The lowest BCUT2D eigenvalue weighted by Gasteiger charge is -2.34. The van der Waals surface area contributed by atoms with Crippen LogP contribution in [0.1, 0.15) is 34.1 Å². The summed E-state index contributed by atoms with van der Waals surface area (Å²) < 4.78 is 28.8. The van der Waals surface area contributed by atoms with E-state index in [0.29, 0.717) is 0 Å². The van der Waals surface area contributed by atoms with Gasteiger partial charge in [0.05, 0.1) is 19.8 Å². The van der Waals surface area contributed by atoms with Crippen LogP contribution in [-0.2, 0) is 27.9 Å². The molecule has 1 aliphatic carbocycles. The van der Waals surface area contributed by atoms with E-state index in [9.17, 15) is 14.2 Å². The third-order valence-corrected chi connectivity index (χ3v) is 6.10. The van der Waals surface area contributed by atoms with Gasteiger partial charge in [-0.1, -0.05) is 13.0 Å². The maximum atomic E-state index is 13.1. The molecule has 0 aromatic carbocycles. The Hall–Kier alpha value is -0.970. The fourth-order valence-corrected chi connectivity index (χ4v) is 4.91. The van der Waals surface area contributed by atoms with Crippen LogP contribution in [0.15, 0.2) is 12.2 Å². The van der Waals surface area contributed by atoms with Crippen molar-refractivity contribution in [1.82, 2.24) is 0 Å². The Morgan fingerprint density at radius 1 is 1.27 bits per heavy atom. The summed E-state index contributed by atoms with van der Waals surface area (Å²) in [6.07, 6.45) is 3.35. The number of hydrogen-bond acceptors (Lipinski definition) is 6. The Bertz CT molecular complexity index is 463. The van der Waals surface area contributed by atoms with Crippen molar-refractivity contribution in [1.29, 1.82) is 0 Å². The number of hydrogen-bond donors (Lipinski definition) is 0. The molecular weight excluding hydrogens is 307 g/mol. The van der Waals surface area contributed by atoms with Gasteiger partial charge >= 0.3 is 13.6 Å². The summed E-state index contributed by atoms with van der Waals surface area (Å²) >= 11 is 0. The second kappa shape index (κ2) is 8.61. The number of ether oxygens (including phenoxy) is 1. The van der Waals surface area contributed by atoms with E-state index in [0.717, 1.165) is 0 Å². The lowest BCUT2D eigenvalue weighted by atomic mass is 9.82. The lowest BCUT2D eigenvalue weighted by Crippen LogP contribution is -2.38. The molecule has 3 unspecified atom stereocenters. The summed E-state index contributed by atoms with van der Waals surface area (Å²) in [7, 11) is -3.71. The zero-order valence-corrected chi connectivity index (χ0v) is 14.5. The maximum absolute atomic E-state index is 13.1. The molecule has 1 rings (SSSR count).